The zero-order chi connectivity index (χ0) is 18.0. The van der Waals surface area contributed by atoms with Crippen molar-refractivity contribution >= 4 is 0 Å². The van der Waals surface area contributed by atoms with Crippen LogP contribution in [0.2, 0.25) is 0 Å². The van der Waals surface area contributed by atoms with Gasteiger partial charge in [-0.1, -0.05) is 6.07 Å². The summed E-state index contributed by atoms with van der Waals surface area (Å²) in [7, 11) is 2.22. The molecule has 2 N–H and O–H groups in total. The third kappa shape index (κ3) is 3.85. The van der Waals surface area contributed by atoms with Crippen molar-refractivity contribution in [2.45, 2.75) is 51.3 Å². The van der Waals surface area contributed by atoms with E-state index in [0.29, 0.717) is 12.1 Å². The highest BCUT2D eigenvalue weighted by molar-refractivity contribution is 5.45. The van der Waals surface area contributed by atoms with E-state index >= 15 is 0 Å². The Labute approximate surface area is 151 Å². The van der Waals surface area contributed by atoms with Crippen LogP contribution in [0.25, 0.3) is 0 Å². The Balaban J connectivity index is 1.83. The van der Waals surface area contributed by atoms with E-state index in [0.717, 1.165) is 24.4 Å². The molecule has 0 aliphatic carbocycles. The van der Waals surface area contributed by atoms with Gasteiger partial charge in [0, 0.05) is 31.7 Å². The van der Waals surface area contributed by atoms with E-state index in [-0.39, 0.29) is 13.2 Å². The first-order chi connectivity index (χ1) is 12.0. The minimum absolute atomic E-state index is 0.178. The van der Waals surface area contributed by atoms with E-state index in [2.05, 4.69) is 36.8 Å². The zero-order valence-corrected chi connectivity index (χ0v) is 15.7. The number of ether oxygens (including phenoxy) is 1. The van der Waals surface area contributed by atoms with Crippen molar-refractivity contribution in [3.8, 4) is 5.75 Å². The Bertz CT molecular complexity index is 589. The van der Waals surface area contributed by atoms with Gasteiger partial charge in [-0.15, -0.1) is 0 Å². The molecule has 0 aromatic heterocycles. The number of likely N-dealkylation sites (N-methyl/N-ethyl adjacent to an activating group) is 1. The molecule has 2 aliphatic rings. The SMILES string of the molecule is Cc1c(OC(CO)CO)ccc(C2CCCC3CN(C)CCN32)c1C. The molecule has 0 saturated carbocycles. The van der Waals surface area contributed by atoms with Gasteiger partial charge in [-0.25, -0.2) is 0 Å². The van der Waals surface area contributed by atoms with Crippen LogP contribution in [0.15, 0.2) is 12.1 Å². The molecule has 1 aromatic rings. The molecule has 25 heavy (non-hydrogen) atoms. The minimum atomic E-state index is -0.555. The molecule has 1 aromatic carbocycles. The fourth-order valence-corrected chi connectivity index (χ4v) is 4.36. The Kier molecular flexibility index (Phi) is 6.00. The fraction of sp³-hybridized carbons (Fsp3) is 0.700. The van der Waals surface area contributed by atoms with Gasteiger partial charge in [-0.05, 0) is 62.9 Å². The van der Waals surface area contributed by atoms with Crippen LogP contribution in [0.5, 0.6) is 5.75 Å². The second-order valence-electron chi connectivity index (χ2n) is 7.61. The van der Waals surface area contributed by atoms with Gasteiger partial charge in [0.2, 0.25) is 0 Å². The van der Waals surface area contributed by atoms with Crippen LogP contribution in [0.1, 0.15) is 42.0 Å². The smallest absolute Gasteiger partial charge is 0.145 e. The molecule has 2 aliphatic heterocycles. The van der Waals surface area contributed by atoms with Crippen LogP contribution in [-0.2, 0) is 0 Å². The number of piperazine rings is 1. The lowest BCUT2D eigenvalue weighted by molar-refractivity contribution is 0.0182. The quantitative estimate of drug-likeness (QED) is 0.851. The summed E-state index contributed by atoms with van der Waals surface area (Å²) in [6.45, 7) is 7.34. The van der Waals surface area contributed by atoms with Crippen molar-refractivity contribution < 1.29 is 14.9 Å². The van der Waals surface area contributed by atoms with Crippen LogP contribution >= 0.6 is 0 Å². The van der Waals surface area contributed by atoms with Crippen molar-refractivity contribution in [2.24, 2.45) is 0 Å². The molecule has 3 rings (SSSR count). The van der Waals surface area contributed by atoms with E-state index in [1.807, 2.05) is 6.07 Å². The minimum Gasteiger partial charge on any atom is -0.485 e. The average molecular weight is 348 g/mol. The maximum Gasteiger partial charge on any atom is 0.145 e. The second-order valence-corrected chi connectivity index (χ2v) is 7.61. The lowest BCUT2D eigenvalue weighted by Crippen LogP contribution is -2.54. The summed E-state index contributed by atoms with van der Waals surface area (Å²) < 4.78 is 5.77. The van der Waals surface area contributed by atoms with Gasteiger partial charge in [-0.2, -0.15) is 0 Å². The largest absolute Gasteiger partial charge is 0.485 e. The van der Waals surface area contributed by atoms with Gasteiger partial charge in [0.1, 0.15) is 11.9 Å². The standard InChI is InChI=1S/C20H32N2O3/c1-14-15(2)20(25-17(12-23)13-24)8-7-18(14)19-6-4-5-16-11-21(3)9-10-22(16)19/h7-8,16-17,19,23-24H,4-6,9-13H2,1-3H3. The summed E-state index contributed by atoms with van der Waals surface area (Å²) in [4.78, 5) is 5.15. The van der Waals surface area contributed by atoms with Gasteiger partial charge in [0.15, 0.2) is 0 Å². The first kappa shape index (κ1) is 18.6. The highest BCUT2D eigenvalue weighted by Crippen LogP contribution is 2.39. The number of fused-ring (bicyclic) bond motifs is 1. The van der Waals surface area contributed by atoms with E-state index in [1.54, 1.807) is 0 Å². The lowest BCUT2D eigenvalue weighted by Gasteiger charge is -2.48. The molecule has 0 spiro atoms. The van der Waals surface area contributed by atoms with Crippen molar-refractivity contribution in [3.05, 3.63) is 28.8 Å². The van der Waals surface area contributed by atoms with Crippen molar-refractivity contribution in [2.75, 3.05) is 39.9 Å². The molecule has 2 fully saturated rings. The number of aliphatic hydroxyl groups is 2. The Morgan fingerprint density at radius 1 is 1.12 bits per heavy atom. The number of piperidine rings is 1. The molecule has 5 nitrogen and oxygen atoms in total. The molecule has 0 amide bonds. The molecular weight excluding hydrogens is 316 g/mol. The van der Waals surface area contributed by atoms with Crippen LogP contribution in [0.3, 0.4) is 0 Å². The highest BCUT2D eigenvalue weighted by atomic mass is 16.5. The lowest BCUT2D eigenvalue weighted by atomic mass is 9.86. The molecule has 0 radical (unpaired) electrons. The van der Waals surface area contributed by atoms with Crippen LogP contribution < -0.4 is 4.74 Å². The van der Waals surface area contributed by atoms with Gasteiger partial charge in [0.25, 0.3) is 0 Å². The zero-order valence-electron chi connectivity index (χ0n) is 15.7. The van der Waals surface area contributed by atoms with Crippen LogP contribution in [-0.4, -0.2) is 72.1 Å². The number of nitrogens with zero attached hydrogens (tertiary/aromatic N) is 2. The number of hydrogen-bond donors (Lipinski definition) is 2. The molecule has 2 unspecified atom stereocenters. The number of hydrogen-bond acceptors (Lipinski definition) is 5. The summed E-state index contributed by atoms with van der Waals surface area (Å²) in [5.74, 6) is 0.764. The molecular formula is C20H32N2O3. The van der Waals surface area contributed by atoms with Gasteiger partial charge in [-0.3, -0.25) is 4.90 Å². The number of aliphatic hydroxyl groups excluding tert-OH is 2. The number of benzene rings is 1. The van der Waals surface area contributed by atoms with E-state index in [1.165, 1.54) is 36.9 Å². The van der Waals surface area contributed by atoms with Gasteiger partial charge < -0.3 is 19.8 Å². The third-order valence-corrected chi connectivity index (χ3v) is 5.99. The molecule has 2 heterocycles. The predicted octanol–water partition coefficient (Wildman–Crippen LogP) is 1.88. The van der Waals surface area contributed by atoms with Crippen molar-refractivity contribution in [1.82, 2.24) is 9.80 Å². The summed E-state index contributed by atoms with van der Waals surface area (Å²) >= 11 is 0. The molecule has 140 valence electrons. The molecule has 2 atom stereocenters. The second kappa shape index (κ2) is 8.04. The first-order valence-corrected chi connectivity index (χ1v) is 9.48. The first-order valence-electron chi connectivity index (χ1n) is 9.48. The molecule has 0 bridgehead atoms. The summed E-state index contributed by atoms with van der Waals surface area (Å²) in [6, 6.07) is 5.36. The third-order valence-electron chi connectivity index (χ3n) is 5.99. The van der Waals surface area contributed by atoms with Gasteiger partial charge in [0.05, 0.1) is 13.2 Å². The number of rotatable bonds is 5. The highest BCUT2D eigenvalue weighted by Gasteiger charge is 2.35. The normalized spacial score (nSPS) is 25.2. The maximum atomic E-state index is 9.26. The Hall–Kier alpha value is -1.14. The summed E-state index contributed by atoms with van der Waals surface area (Å²) in [5.41, 5.74) is 3.79. The summed E-state index contributed by atoms with van der Waals surface area (Å²) in [5, 5.41) is 18.5. The summed E-state index contributed by atoms with van der Waals surface area (Å²) in [6.07, 6.45) is 3.25. The van der Waals surface area contributed by atoms with Gasteiger partial charge >= 0.3 is 0 Å². The van der Waals surface area contributed by atoms with Crippen molar-refractivity contribution in [3.63, 3.8) is 0 Å². The monoisotopic (exact) mass is 348 g/mol. The van der Waals surface area contributed by atoms with Crippen LogP contribution in [0.4, 0.5) is 0 Å². The fourth-order valence-electron chi connectivity index (χ4n) is 4.36. The van der Waals surface area contributed by atoms with E-state index in [9.17, 15) is 10.2 Å². The molecule has 2 saturated heterocycles. The molecule has 5 heteroatoms. The Morgan fingerprint density at radius 2 is 1.88 bits per heavy atom. The van der Waals surface area contributed by atoms with Crippen molar-refractivity contribution in [1.29, 1.82) is 0 Å². The Morgan fingerprint density at radius 3 is 2.60 bits per heavy atom. The maximum absolute atomic E-state index is 9.26. The van der Waals surface area contributed by atoms with Crippen LogP contribution in [0, 0.1) is 13.8 Å². The topological polar surface area (TPSA) is 56.2 Å². The predicted molar refractivity (Wildman–Crippen MR) is 99.1 cm³/mol. The van der Waals surface area contributed by atoms with E-state index in [4.69, 9.17) is 4.74 Å². The van der Waals surface area contributed by atoms with E-state index < -0.39 is 6.10 Å². The average Bonchev–Trinajstić information content (AvgIpc) is 2.62.